The van der Waals surface area contributed by atoms with Gasteiger partial charge in [0.1, 0.15) is 16.8 Å². The molecule has 31 aromatic rings. The lowest BCUT2D eigenvalue weighted by molar-refractivity contribution is 0.660. The van der Waals surface area contributed by atoms with Crippen LogP contribution in [0.2, 0.25) is 0 Å². The van der Waals surface area contributed by atoms with E-state index in [2.05, 4.69) is 456 Å². The van der Waals surface area contributed by atoms with Gasteiger partial charge in [-0.05, 0) is 201 Å². The molecule has 1 aliphatic rings. The molecule has 1 aliphatic carbocycles. The number of rotatable bonds is 9. The van der Waals surface area contributed by atoms with Crippen molar-refractivity contribution in [2.45, 2.75) is 19.3 Å². The molecule has 0 amide bonds. The second-order valence-electron chi connectivity index (χ2n) is 39.3. The summed E-state index contributed by atoms with van der Waals surface area (Å²) in [6.07, 6.45) is 0. The Kier molecular flexibility index (Phi) is 19.6. The Morgan fingerprint density at radius 3 is 1.24 bits per heavy atom. The number of fused-ring (bicyclic) bond motifs is 38. The number of nitrogens with zero attached hydrogens (tertiary/aromatic N) is 6. The molecule has 0 bridgehead atoms. The minimum Gasteiger partial charge on any atom is -0.452 e. The number of hydrogen-bond acceptors (Lipinski definition) is 10. The van der Waals surface area contributed by atoms with Crippen LogP contribution in [0.25, 0.3) is 280 Å². The molecule has 0 unspecified atom stereocenters. The van der Waals surface area contributed by atoms with E-state index in [1.54, 1.807) is 0 Å². The summed E-state index contributed by atoms with van der Waals surface area (Å²) < 4.78 is 14.2. The molecule has 690 valence electrons. The average molecular weight is 1940 g/mol. The summed E-state index contributed by atoms with van der Waals surface area (Å²) >= 11 is 5.63. The van der Waals surface area contributed by atoms with Crippen LogP contribution in [0, 0.1) is 0 Å². The minimum atomic E-state index is -0.0808. The average Bonchev–Trinajstić information content (AvgIpc) is 1.49. The maximum absolute atomic E-state index is 6.40. The predicted molar refractivity (Wildman–Crippen MR) is 632 cm³/mol. The highest BCUT2D eigenvalue weighted by Gasteiger charge is 2.37. The molecule has 0 spiro atoms. The smallest absolute Gasteiger partial charge is 0.180 e. The highest BCUT2D eigenvalue weighted by molar-refractivity contribution is 7.28. The van der Waals surface area contributed by atoms with Crippen LogP contribution in [0.5, 0.6) is 0 Å². The van der Waals surface area contributed by atoms with Crippen LogP contribution in [0.1, 0.15) is 25.0 Å². The van der Waals surface area contributed by atoms with Crippen molar-refractivity contribution >= 4 is 253 Å². The molecule has 0 saturated heterocycles. The molecule has 0 N–H and O–H groups in total. The van der Waals surface area contributed by atoms with E-state index in [0.29, 0.717) is 11.4 Å². The highest BCUT2D eigenvalue weighted by atomic mass is 32.1. The molecule has 148 heavy (non-hydrogen) atoms. The lowest BCUT2D eigenvalue weighted by atomic mass is 9.82. The molecule has 8 aromatic heterocycles. The van der Waals surface area contributed by atoms with Gasteiger partial charge >= 0.3 is 0 Å². The molecule has 0 atom stereocenters. The lowest BCUT2D eigenvalue weighted by Gasteiger charge is -2.28. The van der Waals surface area contributed by atoms with Crippen LogP contribution in [0.3, 0.4) is 0 Å². The van der Waals surface area contributed by atoms with Crippen molar-refractivity contribution in [3.05, 3.63) is 484 Å². The minimum absolute atomic E-state index is 0.0808. The number of para-hydroxylation sites is 3. The molecule has 7 nitrogen and oxygen atoms in total. The normalized spacial score (nSPS) is 12.4. The Morgan fingerprint density at radius 1 is 0.223 bits per heavy atom. The van der Waals surface area contributed by atoms with Gasteiger partial charge in [0.2, 0.25) is 0 Å². The number of thiophene rings is 3. The number of hydrogen-bond donors (Lipinski definition) is 0. The van der Waals surface area contributed by atoms with Crippen LogP contribution in [-0.2, 0) is 5.41 Å². The molecular weight excluding hydrogens is 1850 g/mol. The Hall–Kier alpha value is -18.3. The molecule has 0 saturated carbocycles. The molecule has 32 rings (SSSR count). The van der Waals surface area contributed by atoms with Crippen LogP contribution in [0.4, 0.5) is 17.1 Å². The topological polar surface area (TPSA) is 80.8 Å². The summed E-state index contributed by atoms with van der Waals surface area (Å²) in [6, 6.07) is 170. The zero-order chi connectivity index (χ0) is 97.5. The second-order valence-corrected chi connectivity index (χ2v) is 42.4. The summed E-state index contributed by atoms with van der Waals surface area (Å²) in [7, 11) is 0. The van der Waals surface area contributed by atoms with Gasteiger partial charge in [-0.2, -0.15) is 0 Å². The number of aromatic nitrogens is 5. The first-order valence-corrected chi connectivity index (χ1v) is 52.8. The van der Waals surface area contributed by atoms with Gasteiger partial charge in [0.05, 0.1) is 33.6 Å². The quantitative estimate of drug-likeness (QED) is 0.133. The highest BCUT2D eigenvalue weighted by Crippen LogP contribution is 2.56. The van der Waals surface area contributed by atoms with Gasteiger partial charge in [0.25, 0.3) is 0 Å². The largest absolute Gasteiger partial charge is 0.452 e. The van der Waals surface area contributed by atoms with Crippen molar-refractivity contribution in [3.63, 3.8) is 0 Å². The van der Waals surface area contributed by atoms with E-state index in [1.807, 2.05) is 70.4 Å². The zero-order valence-electron chi connectivity index (χ0n) is 80.3. The van der Waals surface area contributed by atoms with Crippen molar-refractivity contribution < 1.29 is 4.42 Å². The fourth-order valence-electron chi connectivity index (χ4n) is 23.9. The van der Waals surface area contributed by atoms with Crippen molar-refractivity contribution in [1.29, 1.82) is 0 Å². The van der Waals surface area contributed by atoms with E-state index in [0.717, 1.165) is 117 Å². The molecule has 0 radical (unpaired) electrons. The SMILES string of the molecule is CC1(C)c2ccccc2-c2ccc(N(c3ccccc3)c3ccc(-c4nc5c6ccccc6c6c7ccccc7sc6c5c5ccccc45)cc3)cc21.c1ccc(-c2ccc3cc(-c4cc(-c5nc6c7ccccc7c7c8ccccc8sc7c6c6ccccc56)nc5ccccc45)ccc3c2)cc1.c1ccc(-c2nc(-c3cc4c5ccccc5c5c6ccccc6sc5c4c4ccccc34)nc3c2oc2ccccc23)cc1. The maximum atomic E-state index is 6.40. The van der Waals surface area contributed by atoms with Crippen LogP contribution in [0.15, 0.2) is 478 Å². The first-order chi connectivity index (χ1) is 73.2. The fourth-order valence-corrected chi connectivity index (χ4v) is 27.8. The summed E-state index contributed by atoms with van der Waals surface area (Å²) in [4.78, 5) is 29.4. The predicted octanol–water partition coefficient (Wildman–Crippen LogP) is 39.5. The van der Waals surface area contributed by atoms with E-state index in [9.17, 15) is 0 Å². The summed E-state index contributed by atoms with van der Waals surface area (Å²) in [5, 5.41) is 31.9. The van der Waals surface area contributed by atoms with Gasteiger partial charge < -0.3 is 9.32 Å². The molecule has 23 aromatic carbocycles. The summed E-state index contributed by atoms with van der Waals surface area (Å²) in [5.74, 6) is 0.696. The Balaban J connectivity index is 0.000000103. The van der Waals surface area contributed by atoms with Gasteiger partial charge in [-0.3, -0.25) is 0 Å². The Labute approximate surface area is 862 Å². The van der Waals surface area contributed by atoms with Gasteiger partial charge in [0, 0.05) is 148 Å². The third-order valence-corrected chi connectivity index (χ3v) is 34.3. The summed E-state index contributed by atoms with van der Waals surface area (Å²) in [6.45, 7) is 4.69. The monoisotopic (exact) mass is 1940 g/mol. The molecular formula is C138H84N6OS3. The number of furan rings is 1. The van der Waals surface area contributed by atoms with Gasteiger partial charge in [-0.15, -0.1) is 34.0 Å². The number of pyridine rings is 3. The van der Waals surface area contributed by atoms with E-state index in [-0.39, 0.29) is 5.41 Å². The first kappa shape index (κ1) is 85.3. The molecule has 8 heterocycles. The molecule has 0 aliphatic heterocycles. The van der Waals surface area contributed by atoms with E-state index in [1.165, 1.54) is 180 Å². The van der Waals surface area contributed by atoms with E-state index < -0.39 is 0 Å². The Morgan fingerprint density at radius 2 is 0.635 bits per heavy atom. The maximum Gasteiger partial charge on any atom is 0.180 e. The van der Waals surface area contributed by atoms with Crippen molar-refractivity contribution in [2.24, 2.45) is 0 Å². The van der Waals surface area contributed by atoms with E-state index in [4.69, 9.17) is 29.3 Å². The molecule has 10 heteroatoms. The fraction of sp³-hybridized carbons (Fsp3) is 0.0217. The third-order valence-electron chi connectivity index (χ3n) is 30.7. The third kappa shape index (κ3) is 13.4. The first-order valence-electron chi connectivity index (χ1n) is 50.4. The van der Waals surface area contributed by atoms with Gasteiger partial charge in [0.15, 0.2) is 11.4 Å². The van der Waals surface area contributed by atoms with Gasteiger partial charge in [-0.25, -0.2) is 24.9 Å². The lowest BCUT2D eigenvalue weighted by Crippen LogP contribution is -2.16. The number of benzene rings is 23. The van der Waals surface area contributed by atoms with Crippen LogP contribution < -0.4 is 4.90 Å². The Bertz CT molecular complexity index is 11000. The van der Waals surface area contributed by atoms with E-state index >= 15 is 0 Å². The second kappa shape index (κ2) is 33.9. The van der Waals surface area contributed by atoms with Crippen molar-refractivity contribution in [1.82, 2.24) is 24.9 Å². The summed E-state index contributed by atoms with van der Waals surface area (Å²) in [5.41, 5.74) is 25.6. The van der Waals surface area contributed by atoms with Crippen LogP contribution >= 0.6 is 34.0 Å². The number of anilines is 3. The molecule has 0 fully saturated rings. The standard InChI is InChI=1S/C50H34N2S.C48H28N2S.C40H22N2OS/c1-50(2)42-22-12-10-16-35(42)36-29-28-34(30-43(36)50)52(32-14-4-3-5-15-32)33-26-24-31(25-27-33)47-39-19-8-7-18-38(39)46-48(51-47)40-20-9-6-17-37(40)45-41-21-11-13-23-44(41)53-49(45)46;1-2-12-29(13-3-1)30-22-23-32-27-33(25-24-31(32)26-30)40-28-42(49-41-20-10-8-14-34(40)41)46-37-17-6-5-16-36(37)45-47(50-46)38-18-7-4-15-35(38)44-39-19-9-11-21-43(39)51-48(44)45;1-2-12-23(13-3-1)36-38-37(28-18-8-10-20-32(28)43-38)42-40(41-36)31-22-30-24-14-4-6-16-26(24)34-29-19-9-11-21-33(29)44-39(34)35(30)27-17-7-5-15-25(27)31/h3-30H,1-2H3;1-28H;1-22H. The van der Waals surface area contributed by atoms with Gasteiger partial charge in [-0.1, -0.05) is 390 Å². The zero-order valence-corrected chi connectivity index (χ0v) is 82.8. The van der Waals surface area contributed by atoms with Crippen LogP contribution in [-0.4, -0.2) is 24.9 Å². The van der Waals surface area contributed by atoms with Crippen molar-refractivity contribution in [3.8, 4) is 78.7 Å². The van der Waals surface area contributed by atoms with Crippen molar-refractivity contribution in [2.75, 3.05) is 4.90 Å².